The van der Waals surface area contributed by atoms with Crippen LogP contribution in [0.15, 0.2) is 71.4 Å². The number of fused-ring (bicyclic) bond motifs is 1. The fourth-order valence-corrected chi connectivity index (χ4v) is 3.87. The highest BCUT2D eigenvalue weighted by Gasteiger charge is 2.16. The molecule has 34 heavy (non-hydrogen) atoms. The van der Waals surface area contributed by atoms with Gasteiger partial charge >= 0.3 is 0 Å². The van der Waals surface area contributed by atoms with Crippen LogP contribution in [0.3, 0.4) is 0 Å². The molecule has 0 unspecified atom stereocenters. The van der Waals surface area contributed by atoms with Gasteiger partial charge in [-0.15, -0.1) is 0 Å². The Morgan fingerprint density at radius 2 is 1.62 bits per heavy atom. The second kappa shape index (κ2) is 9.93. The number of hydrogen-bond acceptors (Lipinski definition) is 5. The molecule has 0 radical (unpaired) electrons. The van der Waals surface area contributed by atoms with E-state index in [1.165, 1.54) is 6.08 Å². The summed E-state index contributed by atoms with van der Waals surface area (Å²) in [6.07, 6.45) is 3.23. The minimum atomic E-state index is -0.255. The predicted molar refractivity (Wildman–Crippen MR) is 135 cm³/mol. The van der Waals surface area contributed by atoms with Gasteiger partial charge in [-0.3, -0.25) is 4.79 Å². The van der Waals surface area contributed by atoms with Crippen LogP contribution in [0, 0.1) is 0 Å². The van der Waals surface area contributed by atoms with Gasteiger partial charge in [0, 0.05) is 39.4 Å². The lowest BCUT2D eigenvalue weighted by atomic mass is 9.99. The molecule has 3 aromatic carbocycles. The molecule has 0 aliphatic heterocycles. The van der Waals surface area contributed by atoms with Crippen LogP contribution in [0.2, 0.25) is 5.02 Å². The summed E-state index contributed by atoms with van der Waals surface area (Å²) in [5, 5.41) is 4.33. The molecule has 1 heterocycles. The van der Waals surface area contributed by atoms with Crippen LogP contribution in [-0.2, 0) is 4.79 Å². The smallest absolute Gasteiger partial charge is 0.248 e. The highest BCUT2D eigenvalue weighted by Crippen LogP contribution is 2.39. The van der Waals surface area contributed by atoms with Crippen molar-refractivity contribution in [2.45, 2.75) is 6.92 Å². The van der Waals surface area contributed by atoms with Gasteiger partial charge in [0.2, 0.25) is 5.91 Å². The molecule has 174 valence electrons. The van der Waals surface area contributed by atoms with Crippen molar-refractivity contribution in [3.63, 3.8) is 0 Å². The second-order valence-corrected chi connectivity index (χ2v) is 8.03. The molecule has 0 atom stereocenters. The predicted octanol–water partition coefficient (Wildman–Crippen LogP) is 6.82. The normalized spacial score (nSPS) is 11.4. The molecule has 0 saturated carbocycles. The molecule has 0 fully saturated rings. The van der Waals surface area contributed by atoms with Gasteiger partial charge in [0.25, 0.3) is 0 Å². The Balaban J connectivity index is 1.72. The zero-order chi connectivity index (χ0) is 24.2. The maximum Gasteiger partial charge on any atom is 0.248 e. The van der Waals surface area contributed by atoms with Crippen molar-refractivity contribution in [2.75, 3.05) is 26.6 Å². The summed E-state index contributed by atoms with van der Waals surface area (Å²) in [6.45, 7) is 1.86. The number of anilines is 1. The lowest BCUT2D eigenvalue weighted by Gasteiger charge is -2.11. The van der Waals surface area contributed by atoms with Crippen LogP contribution >= 0.6 is 11.6 Å². The van der Waals surface area contributed by atoms with E-state index in [2.05, 4.69) is 5.32 Å². The van der Waals surface area contributed by atoms with Crippen molar-refractivity contribution >= 4 is 39.7 Å². The number of halogens is 1. The number of methoxy groups -OCH3 is 3. The van der Waals surface area contributed by atoms with Gasteiger partial charge in [0.1, 0.15) is 11.3 Å². The van der Waals surface area contributed by atoms with E-state index >= 15 is 0 Å². The molecule has 1 N–H and O–H groups in total. The van der Waals surface area contributed by atoms with Crippen LogP contribution in [-0.4, -0.2) is 27.2 Å². The van der Waals surface area contributed by atoms with Crippen LogP contribution in [0.5, 0.6) is 17.2 Å². The van der Waals surface area contributed by atoms with Gasteiger partial charge in [-0.2, -0.15) is 0 Å². The van der Waals surface area contributed by atoms with Gasteiger partial charge in [-0.1, -0.05) is 17.7 Å². The van der Waals surface area contributed by atoms with E-state index in [9.17, 15) is 4.79 Å². The molecule has 4 rings (SSSR count). The van der Waals surface area contributed by atoms with Crippen molar-refractivity contribution in [1.29, 1.82) is 0 Å². The van der Waals surface area contributed by atoms with E-state index in [0.717, 1.165) is 27.6 Å². The monoisotopic (exact) mass is 477 g/mol. The highest BCUT2D eigenvalue weighted by atomic mass is 35.5. The standard InChI is InChI=1S/C27H24ClNO5/c1-16(11-27(30)29-19-8-6-18(28)7-9-19)20-13-21-22(15-34-25(21)14-24(20)32-3)17-5-10-23(31-2)26(12-17)33-4/h5-15H,1-4H3,(H,29,30)/b16-11+. The molecule has 1 amide bonds. The largest absolute Gasteiger partial charge is 0.496 e. The summed E-state index contributed by atoms with van der Waals surface area (Å²) < 4.78 is 22.2. The van der Waals surface area contributed by atoms with E-state index in [1.54, 1.807) is 51.9 Å². The Morgan fingerprint density at radius 1 is 0.912 bits per heavy atom. The zero-order valence-electron chi connectivity index (χ0n) is 19.3. The van der Waals surface area contributed by atoms with Gasteiger partial charge < -0.3 is 23.9 Å². The Labute approximate surface area is 202 Å². The Hall–Kier alpha value is -3.90. The Morgan fingerprint density at radius 3 is 2.29 bits per heavy atom. The fraction of sp³-hybridized carbons (Fsp3) is 0.148. The summed E-state index contributed by atoms with van der Waals surface area (Å²) >= 11 is 5.91. The molecular formula is C27H24ClNO5. The molecule has 0 aliphatic rings. The Bertz CT molecular complexity index is 1370. The van der Waals surface area contributed by atoms with Crippen LogP contribution in [0.1, 0.15) is 12.5 Å². The third-order valence-corrected chi connectivity index (χ3v) is 5.73. The number of allylic oxidation sites excluding steroid dienone is 1. The Kier molecular flexibility index (Phi) is 6.80. The number of carbonyl (C=O) groups excluding carboxylic acids is 1. The van der Waals surface area contributed by atoms with E-state index in [-0.39, 0.29) is 5.91 Å². The molecule has 0 saturated heterocycles. The molecule has 0 aliphatic carbocycles. The van der Waals surface area contributed by atoms with Crippen molar-refractivity contribution in [1.82, 2.24) is 0 Å². The number of amides is 1. The van der Waals surface area contributed by atoms with Gasteiger partial charge in [-0.05, 0) is 60.5 Å². The number of ether oxygens (including phenoxy) is 3. The van der Waals surface area contributed by atoms with E-state index in [1.807, 2.05) is 37.3 Å². The maximum absolute atomic E-state index is 12.6. The minimum Gasteiger partial charge on any atom is -0.496 e. The minimum absolute atomic E-state index is 0.255. The molecule has 7 heteroatoms. The number of hydrogen-bond donors (Lipinski definition) is 1. The first-order chi connectivity index (χ1) is 16.4. The lowest BCUT2D eigenvalue weighted by Crippen LogP contribution is -2.08. The maximum atomic E-state index is 12.6. The van der Waals surface area contributed by atoms with Crippen molar-refractivity contribution < 1.29 is 23.4 Å². The molecule has 1 aromatic heterocycles. The molecular weight excluding hydrogens is 454 g/mol. The van der Waals surface area contributed by atoms with E-state index < -0.39 is 0 Å². The third kappa shape index (κ3) is 4.72. The third-order valence-electron chi connectivity index (χ3n) is 5.47. The van der Waals surface area contributed by atoms with Gasteiger partial charge in [0.05, 0.1) is 27.6 Å². The molecule has 0 bridgehead atoms. The average Bonchev–Trinajstić information content (AvgIpc) is 3.26. The first kappa shape index (κ1) is 23.3. The summed E-state index contributed by atoms with van der Waals surface area (Å²) in [5.41, 5.74) is 4.65. The van der Waals surface area contributed by atoms with Gasteiger partial charge in [0.15, 0.2) is 11.5 Å². The van der Waals surface area contributed by atoms with E-state index in [0.29, 0.717) is 33.5 Å². The number of nitrogens with one attached hydrogen (secondary N) is 1. The molecule has 6 nitrogen and oxygen atoms in total. The topological polar surface area (TPSA) is 69.9 Å². The molecule has 4 aromatic rings. The summed E-state index contributed by atoms with van der Waals surface area (Å²) in [7, 11) is 4.78. The first-order valence-corrected chi connectivity index (χ1v) is 10.9. The van der Waals surface area contributed by atoms with Crippen LogP contribution in [0.4, 0.5) is 5.69 Å². The molecule has 0 spiro atoms. The number of carbonyl (C=O) groups is 1. The number of rotatable bonds is 7. The van der Waals surface area contributed by atoms with Crippen molar-refractivity contribution in [3.05, 3.63) is 77.5 Å². The number of furan rings is 1. The zero-order valence-corrected chi connectivity index (χ0v) is 20.0. The van der Waals surface area contributed by atoms with Gasteiger partial charge in [-0.25, -0.2) is 0 Å². The van der Waals surface area contributed by atoms with Crippen LogP contribution < -0.4 is 19.5 Å². The van der Waals surface area contributed by atoms with Crippen molar-refractivity contribution in [2.24, 2.45) is 0 Å². The first-order valence-electron chi connectivity index (χ1n) is 10.5. The second-order valence-electron chi connectivity index (χ2n) is 7.59. The summed E-state index contributed by atoms with van der Waals surface area (Å²) in [5.74, 6) is 1.62. The quantitative estimate of drug-likeness (QED) is 0.296. The van der Waals surface area contributed by atoms with E-state index in [4.69, 9.17) is 30.2 Å². The number of benzene rings is 3. The lowest BCUT2D eigenvalue weighted by molar-refractivity contribution is -0.111. The fourth-order valence-electron chi connectivity index (χ4n) is 3.75. The van der Waals surface area contributed by atoms with Crippen LogP contribution in [0.25, 0.3) is 27.7 Å². The highest BCUT2D eigenvalue weighted by molar-refractivity contribution is 6.30. The van der Waals surface area contributed by atoms with Crippen molar-refractivity contribution in [3.8, 4) is 28.4 Å². The SMILES string of the molecule is COc1ccc(-c2coc3cc(OC)c(/C(C)=C/C(=O)Nc4ccc(Cl)cc4)cc23)cc1OC. The summed E-state index contributed by atoms with van der Waals surface area (Å²) in [4.78, 5) is 12.6. The average molecular weight is 478 g/mol. The summed E-state index contributed by atoms with van der Waals surface area (Å²) in [6, 6.07) is 16.4.